The first-order valence-corrected chi connectivity index (χ1v) is 13.6. The van der Waals surface area contributed by atoms with Gasteiger partial charge in [0.2, 0.25) is 35.4 Å². The monoisotopic (exact) mass is 618 g/mol. The lowest BCUT2D eigenvalue weighted by molar-refractivity contribution is -0.148. The summed E-state index contributed by atoms with van der Waals surface area (Å²) in [5.41, 5.74) is 12.7. The van der Waals surface area contributed by atoms with Crippen LogP contribution in [0.4, 0.5) is 0 Å². The molecule has 0 heterocycles. The number of hydrogen-bond donors (Lipinski definition) is 8. The van der Waals surface area contributed by atoms with Gasteiger partial charge in [0.1, 0.15) is 13.2 Å². The van der Waals surface area contributed by atoms with Crippen molar-refractivity contribution in [3.05, 3.63) is 0 Å². The highest BCUT2D eigenvalue weighted by Crippen LogP contribution is 2.00. The molecule has 0 aromatic rings. The van der Waals surface area contributed by atoms with E-state index in [0.717, 1.165) is 0 Å². The van der Waals surface area contributed by atoms with Gasteiger partial charge in [-0.15, -0.1) is 0 Å². The molecule has 0 bridgehead atoms. The van der Waals surface area contributed by atoms with Crippen molar-refractivity contribution in [3.63, 3.8) is 0 Å². The Kier molecular flexibility index (Phi) is 22.8. The summed E-state index contributed by atoms with van der Waals surface area (Å²) in [7, 11) is 0. The first kappa shape index (κ1) is 38.6. The van der Waals surface area contributed by atoms with Gasteiger partial charge in [-0.2, -0.15) is 0 Å². The summed E-state index contributed by atoms with van der Waals surface area (Å²) in [6, 6.07) is 0. The van der Waals surface area contributed by atoms with E-state index in [2.05, 4.69) is 21.7 Å². The van der Waals surface area contributed by atoms with E-state index in [-0.39, 0.29) is 89.6 Å². The molecule has 0 saturated heterocycles. The van der Waals surface area contributed by atoms with E-state index >= 15 is 0 Å². The molecule has 10 N–H and O–H groups in total. The van der Waals surface area contributed by atoms with Gasteiger partial charge in [0.25, 0.3) is 0 Å². The third-order valence-electron chi connectivity index (χ3n) is 5.21. The number of hydrazine groups is 4. The Hall–Kier alpha value is -4.36. The quantitative estimate of drug-likeness (QED) is 0.0198. The summed E-state index contributed by atoms with van der Waals surface area (Å²) in [4.78, 5) is 92.0. The van der Waals surface area contributed by atoms with Gasteiger partial charge in [0.05, 0.1) is 26.1 Å². The fourth-order valence-electron chi connectivity index (χ4n) is 2.92. The van der Waals surface area contributed by atoms with Gasteiger partial charge in [0.15, 0.2) is 0 Å². The number of nitrogens with one attached hydrogen (secondary N) is 6. The van der Waals surface area contributed by atoms with Gasteiger partial charge in [-0.25, -0.2) is 11.7 Å². The highest BCUT2D eigenvalue weighted by atomic mass is 16.6. The topological polar surface area (TPSA) is 288 Å². The van der Waals surface area contributed by atoms with E-state index < -0.39 is 35.6 Å². The Morgan fingerprint density at radius 1 is 0.395 bits per heavy atom. The molecule has 0 rings (SSSR count). The molecule has 0 aliphatic carbocycles. The minimum Gasteiger partial charge on any atom is -0.463 e. The Bertz CT molecular complexity index is 861. The molecule has 244 valence electrons. The normalized spacial score (nSPS) is 10.1. The van der Waals surface area contributed by atoms with E-state index in [9.17, 15) is 38.4 Å². The second-order valence-corrected chi connectivity index (χ2v) is 8.80. The number of unbranched alkanes of at least 4 members (excludes halogenated alkanes) is 2. The molecule has 43 heavy (non-hydrogen) atoms. The van der Waals surface area contributed by atoms with Crippen LogP contribution in [0, 0.1) is 0 Å². The zero-order valence-electron chi connectivity index (χ0n) is 24.0. The van der Waals surface area contributed by atoms with E-state index in [0.29, 0.717) is 25.7 Å². The standard InChI is InChI=1S/C24H42N8O11/c25-27-17(33)5-1-3-7-19(35)29-31-21(37)9-11-23(39)42-15-13-41-14-16-43-24(40)12-10-22(38)32-30-20(36)8-4-2-6-18(34)28-26/h1-16,25-26H2,(H,27,33)(H,28,34)(H,29,35)(H,30,36)(H,31,37)(H,32,38). The smallest absolute Gasteiger partial charge is 0.306 e. The molecule has 0 fully saturated rings. The van der Waals surface area contributed by atoms with Crippen molar-refractivity contribution in [2.45, 2.75) is 77.0 Å². The van der Waals surface area contributed by atoms with Crippen LogP contribution in [-0.2, 0) is 52.6 Å². The molecular formula is C24H42N8O11. The largest absolute Gasteiger partial charge is 0.463 e. The van der Waals surface area contributed by atoms with Crippen LogP contribution in [0.15, 0.2) is 0 Å². The zero-order valence-corrected chi connectivity index (χ0v) is 24.0. The van der Waals surface area contributed by atoms with Crippen LogP contribution in [0.2, 0.25) is 0 Å². The van der Waals surface area contributed by atoms with E-state index in [1.165, 1.54) is 0 Å². The van der Waals surface area contributed by atoms with Gasteiger partial charge in [-0.05, 0) is 25.7 Å². The molecule has 0 aliphatic heterocycles. The molecule has 6 amide bonds. The number of ether oxygens (including phenoxy) is 3. The number of amides is 6. The summed E-state index contributed by atoms with van der Waals surface area (Å²) in [5.74, 6) is 5.85. The molecule has 0 aliphatic rings. The highest BCUT2D eigenvalue weighted by Gasteiger charge is 2.11. The van der Waals surface area contributed by atoms with Gasteiger partial charge >= 0.3 is 11.9 Å². The number of carbonyl (C=O) groups is 8. The maximum atomic E-state index is 11.7. The van der Waals surface area contributed by atoms with E-state index in [1.807, 2.05) is 10.9 Å². The van der Waals surface area contributed by atoms with Crippen LogP contribution in [0.1, 0.15) is 77.0 Å². The minimum atomic E-state index is -0.652. The minimum absolute atomic E-state index is 0.0147. The van der Waals surface area contributed by atoms with E-state index in [4.69, 9.17) is 25.9 Å². The fourth-order valence-corrected chi connectivity index (χ4v) is 2.92. The van der Waals surface area contributed by atoms with Crippen molar-refractivity contribution < 1.29 is 52.6 Å². The third-order valence-corrected chi connectivity index (χ3v) is 5.21. The van der Waals surface area contributed by atoms with Gasteiger partial charge < -0.3 is 14.2 Å². The van der Waals surface area contributed by atoms with Crippen LogP contribution in [0.25, 0.3) is 0 Å². The van der Waals surface area contributed by atoms with Crippen molar-refractivity contribution in [2.75, 3.05) is 26.4 Å². The average molecular weight is 619 g/mol. The number of esters is 2. The van der Waals surface area contributed by atoms with Crippen LogP contribution < -0.4 is 44.2 Å². The fraction of sp³-hybridized carbons (Fsp3) is 0.667. The predicted octanol–water partition coefficient (Wildman–Crippen LogP) is -2.95. The Morgan fingerprint density at radius 3 is 1.02 bits per heavy atom. The lowest BCUT2D eigenvalue weighted by atomic mass is 10.2. The summed E-state index contributed by atoms with van der Waals surface area (Å²) >= 11 is 0. The molecule has 0 aromatic carbocycles. The second-order valence-electron chi connectivity index (χ2n) is 8.80. The Labute approximate surface area is 248 Å². The molecule has 0 spiro atoms. The first-order valence-electron chi connectivity index (χ1n) is 13.6. The predicted molar refractivity (Wildman–Crippen MR) is 145 cm³/mol. The van der Waals surface area contributed by atoms with Crippen molar-refractivity contribution in [1.82, 2.24) is 32.6 Å². The number of carbonyl (C=O) groups excluding carboxylic acids is 8. The summed E-state index contributed by atoms with van der Waals surface area (Å²) < 4.78 is 15.0. The van der Waals surface area contributed by atoms with Gasteiger partial charge in [0, 0.05) is 38.5 Å². The number of nitrogens with two attached hydrogens (primary N) is 2. The summed E-state index contributed by atoms with van der Waals surface area (Å²) in [6.07, 6.45) is 1.46. The Morgan fingerprint density at radius 2 is 0.698 bits per heavy atom. The summed E-state index contributed by atoms with van der Waals surface area (Å²) in [6.45, 7) is -0.161. The SMILES string of the molecule is NNC(=O)CCCCC(=O)NNC(=O)CCC(=O)OCCOCCOC(=O)CCC(=O)NNC(=O)CCCCC(=O)NN. The highest BCUT2D eigenvalue weighted by molar-refractivity contribution is 5.85. The van der Waals surface area contributed by atoms with E-state index in [1.54, 1.807) is 0 Å². The maximum Gasteiger partial charge on any atom is 0.306 e. The third kappa shape index (κ3) is 25.1. The molecule has 0 atom stereocenters. The first-order chi connectivity index (χ1) is 20.6. The molecular weight excluding hydrogens is 576 g/mol. The molecule has 19 heteroatoms. The van der Waals surface area contributed by atoms with Gasteiger partial charge in [-0.1, -0.05) is 0 Å². The van der Waals surface area contributed by atoms with Crippen LogP contribution in [-0.4, -0.2) is 73.8 Å². The van der Waals surface area contributed by atoms with Crippen LogP contribution >= 0.6 is 0 Å². The van der Waals surface area contributed by atoms with Crippen molar-refractivity contribution in [2.24, 2.45) is 11.7 Å². The van der Waals surface area contributed by atoms with Crippen molar-refractivity contribution >= 4 is 47.4 Å². The molecule has 0 saturated carbocycles. The molecule has 0 aromatic heterocycles. The van der Waals surface area contributed by atoms with Gasteiger partial charge in [-0.3, -0.25) is 70.9 Å². The number of hydrogen-bond acceptors (Lipinski definition) is 13. The van der Waals surface area contributed by atoms with Crippen molar-refractivity contribution in [3.8, 4) is 0 Å². The van der Waals surface area contributed by atoms with Crippen LogP contribution in [0.3, 0.4) is 0 Å². The molecule has 19 nitrogen and oxygen atoms in total. The average Bonchev–Trinajstić information content (AvgIpc) is 3.00. The lowest BCUT2D eigenvalue weighted by Gasteiger charge is -2.09. The zero-order chi connectivity index (χ0) is 32.3. The molecule has 0 unspecified atom stereocenters. The van der Waals surface area contributed by atoms with Crippen LogP contribution in [0.5, 0.6) is 0 Å². The lowest BCUT2D eigenvalue weighted by Crippen LogP contribution is -2.41. The maximum absolute atomic E-state index is 11.7. The summed E-state index contributed by atoms with van der Waals surface area (Å²) in [5, 5.41) is 0. The second kappa shape index (κ2) is 25.4. The number of rotatable bonds is 22. The van der Waals surface area contributed by atoms with Crippen molar-refractivity contribution in [1.29, 1.82) is 0 Å². The molecule has 0 radical (unpaired) electrons. The Balaban J connectivity index is 3.68.